The van der Waals surface area contributed by atoms with Gasteiger partial charge in [-0.1, -0.05) is 35.9 Å². The lowest BCUT2D eigenvalue weighted by atomic mass is 9.91. The summed E-state index contributed by atoms with van der Waals surface area (Å²) < 4.78 is 0. The van der Waals surface area contributed by atoms with Gasteiger partial charge < -0.3 is 5.32 Å². The molecular formula is C13H14ClN3. The minimum atomic E-state index is 0.498. The summed E-state index contributed by atoms with van der Waals surface area (Å²) in [5, 5.41) is 14.4. The predicted octanol–water partition coefficient (Wildman–Crippen LogP) is 2.75. The molecule has 1 aromatic heterocycles. The van der Waals surface area contributed by atoms with E-state index in [1.165, 1.54) is 0 Å². The number of benzene rings is 1. The van der Waals surface area contributed by atoms with E-state index in [4.69, 9.17) is 11.6 Å². The molecule has 1 saturated heterocycles. The maximum absolute atomic E-state index is 6.08. The first-order valence-corrected chi connectivity index (χ1v) is 6.35. The van der Waals surface area contributed by atoms with Crippen molar-refractivity contribution >= 4 is 22.4 Å². The molecule has 4 heteroatoms. The van der Waals surface area contributed by atoms with Crippen molar-refractivity contribution in [3.63, 3.8) is 0 Å². The van der Waals surface area contributed by atoms with Gasteiger partial charge in [0, 0.05) is 16.7 Å². The van der Waals surface area contributed by atoms with Crippen molar-refractivity contribution in [3.05, 3.63) is 35.1 Å². The smallest absolute Gasteiger partial charge is 0.159 e. The molecule has 0 atom stereocenters. The predicted molar refractivity (Wildman–Crippen MR) is 69.4 cm³/mol. The molecule has 1 N–H and O–H groups in total. The van der Waals surface area contributed by atoms with Crippen LogP contribution in [-0.4, -0.2) is 23.3 Å². The second-order valence-corrected chi connectivity index (χ2v) is 4.80. The fraction of sp³-hybridized carbons (Fsp3) is 0.385. The van der Waals surface area contributed by atoms with Gasteiger partial charge in [-0.2, -0.15) is 5.10 Å². The number of nitrogens with zero attached hydrogens (tertiary/aromatic N) is 2. The Bertz CT molecular complexity index is 535. The van der Waals surface area contributed by atoms with Crippen molar-refractivity contribution in [2.45, 2.75) is 18.8 Å². The monoisotopic (exact) mass is 247 g/mol. The highest BCUT2D eigenvalue weighted by atomic mass is 35.5. The van der Waals surface area contributed by atoms with Crippen molar-refractivity contribution in [2.24, 2.45) is 0 Å². The van der Waals surface area contributed by atoms with E-state index >= 15 is 0 Å². The van der Waals surface area contributed by atoms with E-state index < -0.39 is 0 Å². The summed E-state index contributed by atoms with van der Waals surface area (Å²) in [4.78, 5) is 0. The van der Waals surface area contributed by atoms with Crippen molar-refractivity contribution < 1.29 is 0 Å². The third kappa shape index (κ3) is 2.01. The molecule has 3 nitrogen and oxygen atoms in total. The highest BCUT2D eigenvalue weighted by Gasteiger charge is 2.20. The highest BCUT2D eigenvalue weighted by molar-refractivity contribution is 6.34. The molecule has 0 aliphatic carbocycles. The lowest BCUT2D eigenvalue weighted by Crippen LogP contribution is -2.27. The first-order valence-electron chi connectivity index (χ1n) is 5.98. The first kappa shape index (κ1) is 10.9. The Morgan fingerprint density at radius 3 is 2.53 bits per heavy atom. The zero-order valence-corrected chi connectivity index (χ0v) is 10.2. The van der Waals surface area contributed by atoms with Crippen LogP contribution in [0.25, 0.3) is 10.8 Å². The van der Waals surface area contributed by atoms with E-state index in [1.807, 2.05) is 18.2 Å². The van der Waals surface area contributed by atoms with Crippen LogP contribution in [0.4, 0.5) is 0 Å². The third-order valence-corrected chi connectivity index (χ3v) is 3.68. The number of rotatable bonds is 1. The van der Waals surface area contributed by atoms with Crippen LogP contribution in [0.5, 0.6) is 0 Å². The van der Waals surface area contributed by atoms with Gasteiger partial charge in [-0.3, -0.25) is 0 Å². The average molecular weight is 248 g/mol. The van der Waals surface area contributed by atoms with Crippen molar-refractivity contribution in [3.8, 4) is 0 Å². The molecule has 88 valence electrons. The maximum atomic E-state index is 6.08. The van der Waals surface area contributed by atoms with Crippen LogP contribution in [0.1, 0.15) is 24.5 Å². The van der Waals surface area contributed by atoms with E-state index in [-0.39, 0.29) is 0 Å². The van der Waals surface area contributed by atoms with Gasteiger partial charge in [0.2, 0.25) is 0 Å². The molecule has 17 heavy (non-hydrogen) atoms. The second kappa shape index (κ2) is 4.59. The molecule has 1 aliphatic heterocycles. The summed E-state index contributed by atoms with van der Waals surface area (Å²) in [6, 6.07) is 8.12. The number of halogens is 1. The molecular weight excluding hydrogens is 234 g/mol. The van der Waals surface area contributed by atoms with Gasteiger partial charge in [-0.05, 0) is 25.9 Å². The van der Waals surface area contributed by atoms with Crippen molar-refractivity contribution in [1.82, 2.24) is 15.5 Å². The Morgan fingerprint density at radius 2 is 1.76 bits per heavy atom. The van der Waals surface area contributed by atoms with Crippen molar-refractivity contribution in [1.29, 1.82) is 0 Å². The first-order chi connectivity index (χ1) is 8.36. The normalized spacial score (nSPS) is 17.5. The quantitative estimate of drug-likeness (QED) is 0.842. The summed E-state index contributed by atoms with van der Waals surface area (Å²) in [7, 11) is 0. The molecule has 0 unspecified atom stereocenters. The Morgan fingerprint density at radius 1 is 1.06 bits per heavy atom. The number of piperidine rings is 1. The van der Waals surface area contributed by atoms with Gasteiger partial charge in [-0.25, -0.2) is 0 Å². The van der Waals surface area contributed by atoms with Gasteiger partial charge in [0.25, 0.3) is 0 Å². The Labute approximate surface area is 105 Å². The van der Waals surface area contributed by atoms with Gasteiger partial charge in [0.1, 0.15) is 0 Å². The van der Waals surface area contributed by atoms with Crippen molar-refractivity contribution in [2.75, 3.05) is 13.1 Å². The topological polar surface area (TPSA) is 37.8 Å². The molecule has 0 spiro atoms. The molecule has 3 rings (SSSR count). The van der Waals surface area contributed by atoms with Crippen LogP contribution in [0.3, 0.4) is 0 Å². The number of fused-ring (bicyclic) bond motifs is 1. The van der Waals surface area contributed by atoms with E-state index in [9.17, 15) is 0 Å². The van der Waals surface area contributed by atoms with Crippen LogP contribution in [0.15, 0.2) is 24.3 Å². The van der Waals surface area contributed by atoms with Crippen LogP contribution in [-0.2, 0) is 0 Å². The Kier molecular flexibility index (Phi) is 2.95. The lowest BCUT2D eigenvalue weighted by Gasteiger charge is -2.22. The lowest BCUT2D eigenvalue weighted by molar-refractivity contribution is 0.453. The molecule has 0 radical (unpaired) electrons. The molecule has 0 saturated carbocycles. The molecule has 1 fully saturated rings. The standard InChI is InChI=1S/C13H14ClN3/c14-13-11-4-2-1-3-10(11)12(16-17-13)9-5-7-15-8-6-9/h1-4,9,15H,5-8H2. The minimum absolute atomic E-state index is 0.498. The van der Waals surface area contributed by atoms with E-state index in [0.29, 0.717) is 11.1 Å². The highest BCUT2D eigenvalue weighted by Crippen LogP contribution is 2.31. The Balaban J connectivity index is 2.12. The maximum Gasteiger partial charge on any atom is 0.159 e. The van der Waals surface area contributed by atoms with E-state index in [2.05, 4.69) is 21.6 Å². The van der Waals surface area contributed by atoms with Crippen LogP contribution < -0.4 is 5.32 Å². The van der Waals surface area contributed by atoms with Gasteiger partial charge in [-0.15, -0.1) is 5.10 Å². The second-order valence-electron chi connectivity index (χ2n) is 4.45. The molecule has 2 aromatic rings. The SMILES string of the molecule is Clc1nnc(C2CCNCC2)c2ccccc12. The number of hydrogen-bond acceptors (Lipinski definition) is 3. The zero-order valence-electron chi connectivity index (χ0n) is 9.49. The fourth-order valence-corrected chi connectivity index (χ4v) is 2.69. The Hall–Kier alpha value is -1.19. The summed E-state index contributed by atoms with van der Waals surface area (Å²) in [6.45, 7) is 2.12. The van der Waals surface area contributed by atoms with Gasteiger partial charge in [0.05, 0.1) is 5.69 Å². The summed E-state index contributed by atoms with van der Waals surface area (Å²) in [6.07, 6.45) is 2.25. The van der Waals surface area contributed by atoms with E-state index in [1.54, 1.807) is 0 Å². The minimum Gasteiger partial charge on any atom is -0.317 e. The molecule has 0 amide bonds. The summed E-state index contributed by atoms with van der Waals surface area (Å²) in [5.41, 5.74) is 1.10. The van der Waals surface area contributed by atoms with E-state index in [0.717, 1.165) is 42.4 Å². The van der Waals surface area contributed by atoms with Crippen LogP contribution in [0, 0.1) is 0 Å². The molecule has 2 heterocycles. The number of nitrogens with one attached hydrogen (secondary N) is 1. The van der Waals surface area contributed by atoms with Crippen LogP contribution >= 0.6 is 11.6 Å². The fourth-order valence-electron chi connectivity index (χ4n) is 2.49. The van der Waals surface area contributed by atoms with Crippen LogP contribution in [0.2, 0.25) is 5.15 Å². The van der Waals surface area contributed by atoms with Gasteiger partial charge >= 0.3 is 0 Å². The number of aromatic nitrogens is 2. The summed E-state index contributed by atoms with van der Waals surface area (Å²) in [5.74, 6) is 0.505. The molecule has 1 aromatic carbocycles. The largest absolute Gasteiger partial charge is 0.317 e. The molecule has 0 bridgehead atoms. The third-order valence-electron chi connectivity index (χ3n) is 3.40. The zero-order chi connectivity index (χ0) is 11.7. The molecule has 1 aliphatic rings. The average Bonchev–Trinajstić information content (AvgIpc) is 2.41. The number of hydrogen-bond donors (Lipinski definition) is 1. The van der Waals surface area contributed by atoms with Gasteiger partial charge in [0.15, 0.2) is 5.15 Å². The summed E-state index contributed by atoms with van der Waals surface area (Å²) >= 11 is 6.08.